The fraction of sp³-hybridized carbons (Fsp3) is 0. The Morgan fingerprint density at radius 3 is 1.00 bits per heavy atom. The minimum atomic E-state index is 0. The first-order chi connectivity index (χ1) is 0. The third kappa shape index (κ3) is 41.0. The van der Waals surface area contributed by atoms with Crippen molar-refractivity contribution in [2.45, 2.75) is 0 Å². The Kier molecular flexibility index (Phi) is 1910. The molecular formula is H3O3VZn-. The predicted molar refractivity (Wildman–Crippen MR) is 6.24 cm³/mol. The van der Waals surface area contributed by atoms with Gasteiger partial charge < -0.3 is 16.4 Å². The van der Waals surface area contributed by atoms with Crippen molar-refractivity contribution in [1.29, 1.82) is 0 Å². The SMILES string of the molecule is O.[O-2].[OH-].[V].[Zn+2]. The van der Waals surface area contributed by atoms with Crippen molar-refractivity contribution in [1.82, 2.24) is 0 Å². The molecule has 0 fully saturated rings. The minimum absolute atomic E-state index is 0. The summed E-state index contributed by atoms with van der Waals surface area (Å²) in [6.45, 7) is 0. The van der Waals surface area contributed by atoms with Crippen LogP contribution in [0.5, 0.6) is 0 Å². The van der Waals surface area contributed by atoms with E-state index >= 15 is 0 Å². The molecule has 0 aromatic heterocycles. The molecule has 0 aliphatic rings. The maximum atomic E-state index is 0. The third-order valence-electron chi connectivity index (χ3n) is 0. The first-order valence-corrected chi connectivity index (χ1v) is 0. The van der Waals surface area contributed by atoms with Crippen LogP contribution in [-0.4, -0.2) is 11.0 Å². The van der Waals surface area contributed by atoms with Gasteiger partial charge in [-0.25, -0.2) is 0 Å². The number of hydrogen-bond donors (Lipinski definition) is 0. The van der Waals surface area contributed by atoms with Crippen molar-refractivity contribution in [2.75, 3.05) is 0 Å². The average Bonchev–Trinajstić information content (AvgIpc) is 0. The van der Waals surface area contributed by atoms with Gasteiger partial charge in [0.25, 0.3) is 0 Å². The van der Waals surface area contributed by atoms with Crippen molar-refractivity contribution in [3.05, 3.63) is 0 Å². The van der Waals surface area contributed by atoms with Gasteiger partial charge in [-0.1, -0.05) is 0 Å². The van der Waals surface area contributed by atoms with E-state index in [0.29, 0.717) is 0 Å². The molecule has 0 unspecified atom stereocenters. The topological polar surface area (TPSA) is 90.0 Å². The van der Waals surface area contributed by atoms with E-state index < -0.39 is 0 Å². The van der Waals surface area contributed by atoms with E-state index in [1.165, 1.54) is 0 Å². The van der Waals surface area contributed by atoms with Crippen LogP contribution in [0.2, 0.25) is 0 Å². The van der Waals surface area contributed by atoms with E-state index in [4.69, 9.17) is 0 Å². The van der Waals surface area contributed by atoms with Crippen LogP contribution in [-0.2, 0) is 43.5 Å². The molecule has 0 aliphatic carbocycles. The van der Waals surface area contributed by atoms with E-state index in [0.717, 1.165) is 0 Å². The summed E-state index contributed by atoms with van der Waals surface area (Å²) in [5.74, 6) is 0. The van der Waals surface area contributed by atoms with E-state index in [-0.39, 0.29) is 54.5 Å². The van der Waals surface area contributed by atoms with Gasteiger partial charge >= 0.3 is 19.5 Å². The fourth-order valence-corrected chi connectivity index (χ4v) is 0. The molecule has 0 aliphatic heterocycles. The number of rotatable bonds is 0. The Morgan fingerprint density at radius 2 is 1.00 bits per heavy atom. The maximum Gasteiger partial charge on any atom is 2.00 e. The molecule has 0 atom stereocenters. The Bertz CT molecular complexity index is 6.85. The zero-order valence-corrected chi connectivity index (χ0v) is 6.87. The van der Waals surface area contributed by atoms with Gasteiger partial charge in [-0.2, -0.15) is 0 Å². The summed E-state index contributed by atoms with van der Waals surface area (Å²) in [4.78, 5) is 0. The Hall–Kier alpha value is 1.09. The van der Waals surface area contributed by atoms with Crippen LogP contribution in [0.4, 0.5) is 0 Å². The summed E-state index contributed by atoms with van der Waals surface area (Å²) in [7, 11) is 0. The van der Waals surface area contributed by atoms with Gasteiger partial charge in [-0.15, -0.1) is 0 Å². The first-order valence-electron chi connectivity index (χ1n) is 0. The molecule has 0 spiro atoms. The Morgan fingerprint density at radius 1 is 1.00 bits per heavy atom. The van der Waals surface area contributed by atoms with Crippen LogP contribution in [0.15, 0.2) is 0 Å². The Balaban J connectivity index is 0. The second kappa shape index (κ2) is 71.8. The van der Waals surface area contributed by atoms with E-state index in [1.54, 1.807) is 0 Å². The molecule has 3 N–H and O–H groups in total. The van der Waals surface area contributed by atoms with Crippen molar-refractivity contribution in [2.24, 2.45) is 0 Å². The van der Waals surface area contributed by atoms with Gasteiger partial charge in [-0.05, 0) is 0 Å². The van der Waals surface area contributed by atoms with E-state index in [1.807, 2.05) is 0 Å². The van der Waals surface area contributed by atoms with Crippen molar-refractivity contribution in [3.63, 3.8) is 0 Å². The molecule has 3 nitrogen and oxygen atoms in total. The minimum Gasteiger partial charge on any atom is -2.00 e. The van der Waals surface area contributed by atoms with Crippen molar-refractivity contribution in [3.8, 4) is 0 Å². The van der Waals surface area contributed by atoms with Crippen LogP contribution in [0.3, 0.4) is 0 Å². The molecule has 0 aromatic rings. The summed E-state index contributed by atoms with van der Waals surface area (Å²) in [6.07, 6.45) is 0. The largest absolute Gasteiger partial charge is 2.00 e. The molecule has 29 valence electrons. The molecule has 0 heterocycles. The summed E-state index contributed by atoms with van der Waals surface area (Å²) in [6, 6.07) is 0. The normalized spacial score (nSPS) is 0. The smallest absolute Gasteiger partial charge is 2.00 e. The molecule has 5 heavy (non-hydrogen) atoms. The third-order valence-corrected chi connectivity index (χ3v) is 0. The zero-order chi connectivity index (χ0) is 0. The molecule has 5 heteroatoms. The Labute approximate surface area is 54.7 Å². The summed E-state index contributed by atoms with van der Waals surface area (Å²) >= 11 is 0. The van der Waals surface area contributed by atoms with Gasteiger partial charge in [0.1, 0.15) is 0 Å². The van der Waals surface area contributed by atoms with E-state index in [9.17, 15) is 0 Å². The molecule has 0 saturated carbocycles. The zero-order valence-electron chi connectivity index (χ0n) is 2.51. The quantitative estimate of drug-likeness (QED) is 0.420. The van der Waals surface area contributed by atoms with Crippen LogP contribution in [0.25, 0.3) is 0 Å². The second-order valence-electron chi connectivity index (χ2n) is 0. The van der Waals surface area contributed by atoms with E-state index in [2.05, 4.69) is 0 Å². The molecule has 0 saturated heterocycles. The molecule has 0 aromatic carbocycles. The average molecular weight is 167 g/mol. The predicted octanol–water partition coefficient (Wildman–Crippen LogP) is -1.13. The standard InChI is InChI=1S/2H2O.O.V.Zn/h2*1H2;;;/q;;-2;;+2/p-1. The molecule has 0 amide bonds. The van der Waals surface area contributed by atoms with Crippen molar-refractivity contribution < 1.29 is 54.5 Å². The monoisotopic (exact) mass is 166 g/mol. The summed E-state index contributed by atoms with van der Waals surface area (Å²) in [5.41, 5.74) is 0. The molecular weight excluding hydrogens is 164 g/mol. The molecule has 0 bridgehead atoms. The number of hydrogen-bond acceptors (Lipinski definition) is 1. The molecule has 0 rings (SSSR count). The molecule has 1 radical (unpaired) electrons. The van der Waals surface area contributed by atoms with Gasteiger partial charge in [0, 0.05) is 18.6 Å². The van der Waals surface area contributed by atoms with Crippen LogP contribution < -0.4 is 0 Å². The van der Waals surface area contributed by atoms with Gasteiger partial charge in [0.2, 0.25) is 0 Å². The fourth-order valence-electron chi connectivity index (χ4n) is 0. The first kappa shape index (κ1) is 133. The van der Waals surface area contributed by atoms with Crippen LogP contribution in [0, 0.1) is 0 Å². The van der Waals surface area contributed by atoms with Crippen LogP contribution >= 0.6 is 0 Å². The van der Waals surface area contributed by atoms with Gasteiger partial charge in [0.05, 0.1) is 0 Å². The van der Waals surface area contributed by atoms with Gasteiger partial charge in [0.15, 0.2) is 0 Å². The summed E-state index contributed by atoms with van der Waals surface area (Å²) in [5, 5.41) is 0. The van der Waals surface area contributed by atoms with Crippen LogP contribution in [0.1, 0.15) is 0 Å². The second-order valence-corrected chi connectivity index (χ2v) is 0. The maximum absolute atomic E-state index is 0. The summed E-state index contributed by atoms with van der Waals surface area (Å²) < 4.78 is 0. The van der Waals surface area contributed by atoms with Crippen molar-refractivity contribution >= 4 is 0 Å². The van der Waals surface area contributed by atoms with Gasteiger partial charge in [-0.3, -0.25) is 0 Å².